The van der Waals surface area contributed by atoms with Crippen LogP contribution in [0.3, 0.4) is 0 Å². The number of hydrogen-bond acceptors (Lipinski definition) is 7. The predicted molar refractivity (Wildman–Crippen MR) is 165 cm³/mol. The summed E-state index contributed by atoms with van der Waals surface area (Å²) in [6, 6.07) is 11.3. The SMILES string of the molecule is CCNc1cc(C(=O)N[C@@H](Cc2cc(F)cc(F)c2)[C@H](O)CNCc2cccc(C(F)(F)F)c2)cc(N2CCCCS2(O)O)c1. The Bertz CT molecular complexity index is 1460. The Kier molecular flexibility index (Phi) is 11.3. The number of nitrogens with one attached hydrogen (secondary N) is 3. The van der Waals surface area contributed by atoms with Crippen LogP contribution in [0, 0.1) is 11.6 Å². The molecule has 1 aliphatic rings. The third-order valence-corrected chi connectivity index (χ3v) is 9.26. The highest BCUT2D eigenvalue weighted by molar-refractivity contribution is 8.25. The summed E-state index contributed by atoms with van der Waals surface area (Å²) in [4.78, 5) is 13.6. The smallest absolute Gasteiger partial charge is 0.390 e. The molecule has 1 saturated heterocycles. The van der Waals surface area contributed by atoms with Crippen molar-refractivity contribution in [3.8, 4) is 0 Å². The third kappa shape index (κ3) is 9.53. The van der Waals surface area contributed by atoms with Gasteiger partial charge in [0.25, 0.3) is 5.91 Å². The first-order chi connectivity index (χ1) is 21.2. The number of benzene rings is 3. The summed E-state index contributed by atoms with van der Waals surface area (Å²) in [7, 11) is -3.09. The average Bonchev–Trinajstić information content (AvgIpc) is 2.95. The summed E-state index contributed by atoms with van der Waals surface area (Å²) in [6.45, 7) is 2.56. The Morgan fingerprint density at radius 3 is 2.40 bits per heavy atom. The maximum Gasteiger partial charge on any atom is 0.416 e. The van der Waals surface area contributed by atoms with Gasteiger partial charge >= 0.3 is 6.18 Å². The van der Waals surface area contributed by atoms with Crippen LogP contribution < -0.4 is 20.3 Å². The quantitative estimate of drug-likeness (QED) is 0.129. The number of aliphatic hydroxyl groups is 1. The van der Waals surface area contributed by atoms with Crippen LogP contribution in [0.15, 0.2) is 60.7 Å². The zero-order valence-corrected chi connectivity index (χ0v) is 25.4. The summed E-state index contributed by atoms with van der Waals surface area (Å²) in [5.74, 6) is -2.11. The number of carbonyl (C=O) groups is 1. The maximum atomic E-state index is 14.0. The van der Waals surface area contributed by atoms with Crippen molar-refractivity contribution in [1.29, 1.82) is 0 Å². The second kappa shape index (κ2) is 14.8. The highest BCUT2D eigenvalue weighted by atomic mass is 32.3. The van der Waals surface area contributed by atoms with Crippen LogP contribution >= 0.6 is 10.8 Å². The molecule has 1 amide bonds. The Labute approximate surface area is 260 Å². The molecule has 0 aliphatic carbocycles. The number of hydrogen-bond donors (Lipinski definition) is 6. The van der Waals surface area contributed by atoms with E-state index in [1.165, 1.54) is 22.5 Å². The van der Waals surface area contributed by atoms with E-state index in [1.54, 1.807) is 12.1 Å². The van der Waals surface area contributed by atoms with Gasteiger partial charge in [0.15, 0.2) is 0 Å². The number of nitrogens with zero attached hydrogens (tertiary/aromatic N) is 1. The van der Waals surface area contributed by atoms with E-state index in [1.807, 2.05) is 6.92 Å². The number of rotatable bonds is 12. The Morgan fingerprint density at radius 2 is 1.73 bits per heavy atom. The Morgan fingerprint density at radius 1 is 1.00 bits per heavy atom. The lowest BCUT2D eigenvalue weighted by molar-refractivity contribution is -0.137. The lowest BCUT2D eigenvalue weighted by Crippen LogP contribution is -2.48. The topological polar surface area (TPSA) is 117 Å². The lowest BCUT2D eigenvalue weighted by atomic mass is 9.99. The van der Waals surface area contributed by atoms with Gasteiger partial charge in [0.1, 0.15) is 11.6 Å². The fraction of sp³-hybridized carbons (Fsp3) is 0.387. The fourth-order valence-electron chi connectivity index (χ4n) is 5.18. The molecule has 3 aromatic rings. The second-order valence-corrected chi connectivity index (χ2v) is 13.0. The van der Waals surface area contributed by atoms with Crippen LogP contribution in [0.4, 0.5) is 33.3 Å². The normalized spacial score (nSPS) is 17.0. The summed E-state index contributed by atoms with van der Waals surface area (Å²) in [6.07, 6.45) is -4.62. The first-order valence-corrected chi connectivity index (χ1v) is 16.2. The number of alkyl halides is 3. The molecule has 2 atom stereocenters. The van der Waals surface area contributed by atoms with Gasteiger partial charge in [0.05, 0.1) is 29.1 Å². The summed E-state index contributed by atoms with van der Waals surface area (Å²) in [5.41, 5.74) is 0.785. The molecule has 0 bridgehead atoms. The third-order valence-electron chi connectivity index (χ3n) is 7.33. The largest absolute Gasteiger partial charge is 0.416 e. The van der Waals surface area contributed by atoms with Crippen molar-refractivity contribution < 1.29 is 41.0 Å². The molecule has 1 aliphatic heterocycles. The van der Waals surface area contributed by atoms with E-state index in [9.17, 15) is 41.0 Å². The molecule has 0 saturated carbocycles. The number of carbonyl (C=O) groups excluding carboxylic acids is 1. The molecule has 246 valence electrons. The molecule has 6 N–H and O–H groups in total. The van der Waals surface area contributed by atoms with Crippen molar-refractivity contribution in [3.63, 3.8) is 0 Å². The number of amides is 1. The maximum absolute atomic E-state index is 14.0. The van der Waals surface area contributed by atoms with Crippen LogP contribution in [0.25, 0.3) is 0 Å². The second-order valence-electron chi connectivity index (χ2n) is 10.9. The van der Waals surface area contributed by atoms with Gasteiger partial charge in [-0.3, -0.25) is 18.2 Å². The average molecular weight is 657 g/mol. The first-order valence-electron chi connectivity index (χ1n) is 14.5. The molecule has 1 fully saturated rings. The molecular formula is C31H37F5N4O4S. The van der Waals surface area contributed by atoms with E-state index in [0.717, 1.165) is 30.7 Å². The highest BCUT2D eigenvalue weighted by Crippen LogP contribution is 2.50. The minimum Gasteiger partial charge on any atom is -0.390 e. The molecule has 0 aromatic heterocycles. The fourth-order valence-corrected chi connectivity index (χ4v) is 6.86. The number of halogens is 5. The number of anilines is 2. The molecule has 0 unspecified atom stereocenters. The first kappa shape index (κ1) is 34.4. The van der Waals surface area contributed by atoms with Gasteiger partial charge in [-0.1, -0.05) is 18.2 Å². The van der Waals surface area contributed by atoms with Crippen LogP contribution in [-0.4, -0.2) is 57.7 Å². The van der Waals surface area contributed by atoms with Crippen LogP contribution in [0.2, 0.25) is 0 Å². The van der Waals surface area contributed by atoms with Crippen LogP contribution in [0.5, 0.6) is 0 Å². The van der Waals surface area contributed by atoms with Crippen molar-refractivity contribution in [2.24, 2.45) is 0 Å². The van der Waals surface area contributed by atoms with E-state index in [0.29, 0.717) is 42.5 Å². The molecule has 1 heterocycles. The van der Waals surface area contributed by atoms with Crippen molar-refractivity contribution in [3.05, 3.63) is 94.6 Å². The zero-order chi connectivity index (χ0) is 32.8. The molecule has 14 heteroatoms. The predicted octanol–water partition coefficient (Wildman–Crippen LogP) is 6.17. The van der Waals surface area contributed by atoms with Gasteiger partial charge in [0, 0.05) is 43.5 Å². The van der Waals surface area contributed by atoms with Crippen LogP contribution in [-0.2, 0) is 19.1 Å². The summed E-state index contributed by atoms with van der Waals surface area (Å²) < 4.78 is 90.1. The molecule has 3 aromatic carbocycles. The van der Waals surface area contributed by atoms with Crippen molar-refractivity contribution in [1.82, 2.24) is 10.6 Å². The van der Waals surface area contributed by atoms with E-state index in [-0.39, 0.29) is 36.4 Å². The summed E-state index contributed by atoms with van der Waals surface area (Å²) in [5, 5.41) is 19.8. The van der Waals surface area contributed by atoms with E-state index in [4.69, 9.17) is 0 Å². The minimum absolute atomic E-state index is 0.0213. The number of aliphatic hydroxyl groups excluding tert-OH is 1. The Hall–Kier alpha value is -3.43. The monoisotopic (exact) mass is 656 g/mol. The Balaban J connectivity index is 1.55. The lowest BCUT2D eigenvalue weighted by Gasteiger charge is -2.47. The van der Waals surface area contributed by atoms with Gasteiger partial charge in [-0.25, -0.2) is 8.78 Å². The van der Waals surface area contributed by atoms with Crippen molar-refractivity contribution in [2.75, 3.05) is 35.0 Å². The summed E-state index contributed by atoms with van der Waals surface area (Å²) >= 11 is 0. The van der Waals surface area contributed by atoms with Gasteiger partial charge in [-0.05, 0) is 73.7 Å². The molecule has 0 spiro atoms. The van der Waals surface area contributed by atoms with Gasteiger partial charge in [0.2, 0.25) is 0 Å². The van der Waals surface area contributed by atoms with E-state index in [2.05, 4.69) is 16.0 Å². The molecule has 45 heavy (non-hydrogen) atoms. The molecule has 4 rings (SSSR count). The molecule has 8 nitrogen and oxygen atoms in total. The molecular weight excluding hydrogens is 619 g/mol. The highest BCUT2D eigenvalue weighted by Gasteiger charge is 2.31. The van der Waals surface area contributed by atoms with E-state index >= 15 is 0 Å². The van der Waals surface area contributed by atoms with Crippen molar-refractivity contribution in [2.45, 2.75) is 51.1 Å². The zero-order valence-electron chi connectivity index (χ0n) is 24.6. The van der Waals surface area contributed by atoms with Gasteiger partial charge in [-0.15, -0.1) is 10.8 Å². The van der Waals surface area contributed by atoms with Gasteiger partial charge in [-0.2, -0.15) is 13.2 Å². The minimum atomic E-state index is -4.51. The molecule has 0 radical (unpaired) electrons. The van der Waals surface area contributed by atoms with Crippen LogP contribution in [0.1, 0.15) is 46.8 Å². The van der Waals surface area contributed by atoms with E-state index < -0.39 is 52.2 Å². The van der Waals surface area contributed by atoms with Gasteiger partial charge < -0.3 is 21.1 Å². The van der Waals surface area contributed by atoms with Crippen molar-refractivity contribution >= 4 is 28.1 Å². The standard InChI is InChI=1S/C31H37F5N4O4S/c1-2-38-26-14-22(15-27(17-26)40-8-3-4-9-45(40,43)44)30(42)39-28(13-21-11-24(32)16-25(33)12-21)29(41)19-37-18-20-6-5-7-23(10-20)31(34,35)36/h5-7,10-12,14-17,28-29,37-38,41,43-44H,2-4,8-9,13,18-19H2,1H3,(H,39,42)/t28-,29+/m0/s1.